The highest BCUT2D eigenvalue weighted by Gasteiger charge is 2.05. The SMILES string of the molecule is CC(=O)Nc1cccc(NC(=O)COc2ccc(/C=N/N=C/c3ccc(O)cc3)cc2)c1. The number of carbonyl (C=O) groups is 2. The molecular weight excluding hydrogens is 408 g/mol. The van der Waals surface area contributed by atoms with Crippen molar-refractivity contribution in [2.75, 3.05) is 17.2 Å². The number of hydrogen-bond acceptors (Lipinski definition) is 6. The smallest absolute Gasteiger partial charge is 0.262 e. The summed E-state index contributed by atoms with van der Waals surface area (Å²) in [5.74, 6) is 0.229. The number of phenols is 1. The van der Waals surface area contributed by atoms with Crippen LogP contribution in [0, 0.1) is 0 Å². The second-order valence-corrected chi connectivity index (χ2v) is 6.75. The second-order valence-electron chi connectivity index (χ2n) is 6.75. The van der Waals surface area contributed by atoms with Crippen molar-refractivity contribution < 1.29 is 19.4 Å². The first kappa shape index (κ1) is 22.2. The Morgan fingerprint density at radius 3 is 2.03 bits per heavy atom. The van der Waals surface area contributed by atoms with Crippen molar-refractivity contribution >= 4 is 35.6 Å². The lowest BCUT2D eigenvalue weighted by Crippen LogP contribution is -2.20. The van der Waals surface area contributed by atoms with Crippen LogP contribution in [0.5, 0.6) is 11.5 Å². The van der Waals surface area contributed by atoms with Gasteiger partial charge in [0.15, 0.2) is 6.61 Å². The number of hydrogen-bond donors (Lipinski definition) is 3. The summed E-state index contributed by atoms with van der Waals surface area (Å²) in [5.41, 5.74) is 2.80. The van der Waals surface area contributed by atoms with Crippen molar-refractivity contribution in [1.82, 2.24) is 0 Å². The first-order valence-corrected chi connectivity index (χ1v) is 9.74. The maximum absolute atomic E-state index is 12.1. The van der Waals surface area contributed by atoms with Gasteiger partial charge < -0.3 is 20.5 Å². The lowest BCUT2D eigenvalue weighted by molar-refractivity contribution is -0.118. The molecule has 0 saturated heterocycles. The molecule has 0 fully saturated rings. The third-order valence-electron chi connectivity index (χ3n) is 4.09. The van der Waals surface area contributed by atoms with Crippen LogP contribution in [0.15, 0.2) is 83.0 Å². The molecule has 8 heteroatoms. The van der Waals surface area contributed by atoms with E-state index in [4.69, 9.17) is 4.74 Å². The molecule has 0 radical (unpaired) electrons. The predicted octanol–water partition coefficient (Wildman–Crippen LogP) is 3.82. The maximum atomic E-state index is 12.1. The summed E-state index contributed by atoms with van der Waals surface area (Å²) >= 11 is 0. The molecule has 0 aromatic heterocycles. The Balaban J connectivity index is 1.46. The zero-order chi connectivity index (χ0) is 22.8. The van der Waals surface area contributed by atoms with E-state index in [0.717, 1.165) is 11.1 Å². The van der Waals surface area contributed by atoms with Gasteiger partial charge in [-0.15, -0.1) is 0 Å². The molecule has 32 heavy (non-hydrogen) atoms. The molecular formula is C24H22N4O4. The predicted molar refractivity (Wildman–Crippen MR) is 125 cm³/mol. The minimum atomic E-state index is -0.320. The Kier molecular flexibility index (Phi) is 7.69. The number of carbonyl (C=O) groups excluding carboxylic acids is 2. The zero-order valence-electron chi connectivity index (χ0n) is 17.4. The number of ether oxygens (including phenoxy) is 1. The van der Waals surface area contributed by atoms with Gasteiger partial charge in [-0.25, -0.2) is 0 Å². The van der Waals surface area contributed by atoms with Crippen molar-refractivity contribution in [3.8, 4) is 11.5 Å². The molecule has 0 bridgehead atoms. The van der Waals surface area contributed by atoms with Crippen molar-refractivity contribution in [2.24, 2.45) is 10.2 Å². The first-order chi connectivity index (χ1) is 15.5. The number of nitrogens with zero attached hydrogens (tertiary/aromatic N) is 2. The van der Waals surface area contributed by atoms with E-state index in [1.165, 1.54) is 6.92 Å². The van der Waals surface area contributed by atoms with E-state index in [1.807, 2.05) is 0 Å². The van der Waals surface area contributed by atoms with Crippen LogP contribution in [-0.2, 0) is 9.59 Å². The van der Waals surface area contributed by atoms with Crippen LogP contribution in [-0.4, -0.2) is 36.0 Å². The van der Waals surface area contributed by atoms with Crippen molar-refractivity contribution in [1.29, 1.82) is 0 Å². The zero-order valence-corrected chi connectivity index (χ0v) is 17.4. The highest BCUT2D eigenvalue weighted by atomic mass is 16.5. The number of nitrogens with one attached hydrogen (secondary N) is 2. The van der Waals surface area contributed by atoms with Crippen molar-refractivity contribution in [3.63, 3.8) is 0 Å². The Morgan fingerprint density at radius 2 is 1.44 bits per heavy atom. The van der Waals surface area contributed by atoms with Gasteiger partial charge in [-0.05, 0) is 77.9 Å². The van der Waals surface area contributed by atoms with Crippen molar-refractivity contribution in [2.45, 2.75) is 6.92 Å². The van der Waals surface area contributed by atoms with Gasteiger partial charge in [0.25, 0.3) is 5.91 Å². The molecule has 0 aliphatic carbocycles. The quantitative estimate of drug-likeness (QED) is 0.372. The number of rotatable bonds is 8. The average molecular weight is 430 g/mol. The first-order valence-electron chi connectivity index (χ1n) is 9.74. The van der Waals surface area contributed by atoms with Gasteiger partial charge in [-0.1, -0.05) is 6.07 Å². The molecule has 3 rings (SSSR count). The van der Waals surface area contributed by atoms with E-state index >= 15 is 0 Å². The fraction of sp³-hybridized carbons (Fsp3) is 0.0833. The standard InChI is InChI=1S/C24H22N4O4/c1-17(29)27-20-3-2-4-21(13-20)28-24(31)16-32-23-11-7-19(8-12-23)15-26-25-14-18-5-9-22(30)10-6-18/h2-15,30H,16H2,1H3,(H,27,29)(H,28,31)/b25-14+,26-15+. The Hall–Kier alpha value is -4.46. The van der Waals surface area contributed by atoms with Crippen LogP contribution in [0.3, 0.4) is 0 Å². The molecule has 0 aliphatic heterocycles. The molecule has 0 saturated carbocycles. The second kappa shape index (κ2) is 11.1. The number of anilines is 2. The number of aromatic hydroxyl groups is 1. The monoisotopic (exact) mass is 430 g/mol. The summed E-state index contributed by atoms with van der Waals surface area (Å²) in [6.45, 7) is 1.26. The molecule has 162 valence electrons. The summed E-state index contributed by atoms with van der Waals surface area (Å²) in [6.07, 6.45) is 3.17. The minimum absolute atomic E-state index is 0.158. The molecule has 3 aromatic rings. The average Bonchev–Trinajstić information content (AvgIpc) is 2.77. The van der Waals surface area contributed by atoms with Crippen LogP contribution < -0.4 is 15.4 Å². The summed E-state index contributed by atoms with van der Waals surface area (Å²) in [4.78, 5) is 23.3. The summed E-state index contributed by atoms with van der Waals surface area (Å²) in [5, 5.41) is 22.6. The number of amides is 2. The topological polar surface area (TPSA) is 112 Å². The van der Waals surface area contributed by atoms with Gasteiger partial charge in [0, 0.05) is 18.3 Å². The Bertz CT molecular complexity index is 1120. The van der Waals surface area contributed by atoms with E-state index in [2.05, 4.69) is 20.8 Å². The third-order valence-corrected chi connectivity index (χ3v) is 4.09. The molecule has 0 unspecified atom stereocenters. The largest absolute Gasteiger partial charge is 0.508 e. The van der Waals surface area contributed by atoms with E-state index < -0.39 is 0 Å². The normalized spacial score (nSPS) is 10.9. The van der Waals surface area contributed by atoms with Crippen LogP contribution in [0.1, 0.15) is 18.1 Å². The molecule has 0 heterocycles. The van der Waals surface area contributed by atoms with E-state index in [9.17, 15) is 14.7 Å². The molecule has 8 nitrogen and oxygen atoms in total. The molecule has 2 amide bonds. The molecule has 0 atom stereocenters. The highest BCUT2D eigenvalue weighted by molar-refractivity contribution is 5.94. The summed E-state index contributed by atoms with van der Waals surface area (Å²) in [6, 6.07) is 20.5. The summed E-state index contributed by atoms with van der Waals surface area (Å²) < 4.78 is 5.51. The lowest BCUT2D eigenvalue weighted by Gasteiger charge is -2.09. The van der Waals surface area contributed by atoms with Gasteiger partial charge in [0.1, 0.15) is 11.5 Å². The van der Waals surface area contributed by atoms with Crippen molar-refractivity contribution in [3.05, 3.63) is 83.9 Å². The lowest BCUT2D eigenvalue weighted by atomic mass is 10.2. The molecule has 3 N–H and O–H groups in total. The molecule has 0 spiro atoms. The van der Waals surface area contributed by atoms with Gasteiger partial charge in [0.05, 0.1) is 12.4 Å². The Morgan fingerprint density at radius 1 is 0.875 bits per heavy atom. The van der Waals surface area contributed by atoms with E-state index in [0.29, 0.717) is 17.1 Å². The number of benzene rings is 3. The van der Waals surface area contributed by atoms with Gasteiger partial charge in [-0.3, -0.25) is 9.59 Å². The molecule has 0 aliphatic rings. The third kappa shape index (κ3) is 7.42. The van der Waals surface area contributed by atoms with Gasteiger partial charge in [-0.2, -0.15) is 10.2 Å². The van der Waals surface area contributed by atoms with Crippen LogP contribution in [0.25, 0.3) is 0 Å². The van der Waals surface area contributed by atoms with Crippen LogP contribution in [0.4, 0.5) is 11.4 Å². The molecule has 3 aromatic carbocycles. The van der Waals surface area contributed by atoms with Crippen LogP contribution >= 0.6 is 0 Å². The van der Waals surface area contributed by atoms with Gasteiger partial charge >= 0.3 is 0 Å². The van der Waals surface area contributed by atoms with Gasteiger partial charge in [0.2, 0.25) is 5.91 Å². The highest BCUT2D eigenvalue weighted by Crippen LogP contribution is 2.16. The fourth-order valence-electron chi connectivity index (χ4n) is 2.63. The van der Waals surface area contributed by atoms with E-state index in [1.54, 1.807) is 85.2 Å². The number of phenolic OH excluding ortho intramolecular Hbond substituents is 1. The van der Waals surface area contributed by atoms with E-state index in [-0.39, 0.29) is 24.2 Å². The minimum Gasteiger partial charge on any atom is -0.508 e. The summed E-state index contributed by atoms with van der Waals surface area (Å²) in [7, 11) is 0. The Labute approximate surface area is 185 Å². The van der Waals surface area contributed by atoms with Crippen LogP contribution in [0.2, 0.25) is 0 Å². The maximum Gasteiger partial charge on any atom is 0.262 e. The fourth-order valence-corrected chi connectivity index (χ4v) is 2.63.